The molecule has 7 nitrogen and oxygen atoms in total. The Morgan fingerprint density at radius 2 is 1.90 bits per heavy atom. The van der Waals surface area contributed by atoms with Crippen LogP contribution in [0.2, 0.25) is 0 Å². The summed E-state index contributed by atoms with van der Waals surface area (Å²) in [7, 11) is 0. The fourth-order valence-corrected chi connectivity index (χ4v) is 1.83. The maximum Gasteiger partial charge on any atom is 0.317 e. The summed E-state index contributed by atoms with van der Waals surface area (Å²) in [6.07, 6.45) is -0.600. The molecule has 21 heavy (non-hydrogen) atoms. The minimum absolute atomic E-state index is 0.0167. The summed E-state index contributed by atoms with van der Waals surface area (Å²) in [5, 5.41) is 22.7. The van der Waals surface area contributed by atoms with Crippen molar-refractivity contribution in [3.63, 3.8) is 0 Å². The zero-order chi connectivity index (χ0) is 16.0. The Hall–Kier alpha value is -2.15. The molecule has 0 aromatic heterocycles. The standard InChI is InChI=1S/C14H21N3O4/c1-10(2)16(9-11(3)18)14(19)15-8-12-4-6-13(7-5-12)17(20)21/h4-7,10-11,18H,8-9H2,1-3H3,(H,15,19). The van der Waals surface area contributed by atoms with Crippen LogP contribution in [-0.4, -0.2) is 39.7 Å². The fraction of sp³-hybridized carbons (Fsp3) is 0.500. The number of hydrogen-bond donors (Lipinski definition) is 2. The molecule has 0 radical (unpaired) electrons. The summed E-state index contributed by atoms with van der Waals surface area (Å²) in [5.41, 5.74) is 0.790. The smallest absolute Gasteiger partial charge is 0.317 e. The van der Waals surface area contributed by atoms with Gasteiger partial charge < -0.3 is 15.3 Å². The first-order valence-corrected chi connectivity index (χ1v) is 6.77. The molecule has 0 saturated carbocycles. The molecule has 2 amide bonds. The number of aliphatic hydroxyl groups excluding tert-OH is 1. The summed E-state index contributed by atoms with van der Waals surface area (Å²) >= 11 is 0. The molecule has 0 fully saturated rings. The number of carbonyl (C=O) groups excluding carboxylic acids is 1. The largest absolute Gasteiger partial charge is 0.392 e. The molecule has 0 spiro atoms. The monoisotopic (exact) mass is 295 g/mol. The Labute approximate surface area is 123 Å². The lowest BCUT2D eigenvalue weighted by atomic mass is 10.2. The van der Waals surface area contributed by atoms with Gasteiger partial charge in [-0.15, -0.1) is 0 Å². The van der Waals surface area contributed by atoms with Crippen LogP contribution in [0.3, 0.4) is 0 Å². The lowest BCUT2D eigenvalue weighted by Gasteiger charge is -2.28. The average Bonchev–Trinajstić information content (AvgIpc) is 2.42. The third-order valence-corrected chi connectivity index (χ3v) is 2.94. The highest BCUT2D eigenvalue weighted by Crippen LogP contribution is 2.12. The third kappa shape index (κ3) is 5.39. The van der Waals surface area contributed by atoms with Gasteiger partial charge in [-0.05, 0) is 26.3 Å². The Morgan fingerprint density at radius 3 is 2.33 bits per heavy atom. The Bertz CT molecular complexity index is 485. The number of hydrogen-bond acceptors (Lipinski definition) is 4. The first-order valence-electron chi connectivity index (χ1n) is 6.77. The Balaban J connectivity index is 2.60. The van der Waals surface area contributed by atoms with Crippen molar-refractivity contribution in [3.8, 4) is 0 Å². The van der Waals surface area contributed by atoms with Crippen molar-refractivity contribution in [2.24, 2.45) is 0 Å². The van der Waals surface area contributed by atoms with E-state index in [9.17, 15) is 20.0 Å². The molecule has 1 unspecified atom stereocenters. The van der Waals surface area contributed by atoms with E-state index in [0.717, 1.165) is 5.56 Å². The Kier molecular flexibility index (Phi) is 6.10. The minimum Gasteiger partial charge on any atom is -0.392 e. The van der Waals surface area contributed by atoms with Gasteiger partial charge in [0.25, 0.3) is 5.69 Å². The van der Waals surface area contributed by atoms with Gasteiger partial charge in [-0.2, -0.15) is 0 Å². The maximum atomic E-state index is 12.1. The molecule has 1 aromatic carbocycles. The van der Waals surface area contributed by atoms with E-state index < -0.39 is 11.0 Å². The van der Waals surface area contributed by atoms with Gasteiger partial charge in [0.15, 0.2) is 0 Å². The molecule has 1 rings (SSSR count). The van der Waals surface area contributed by atoms with Crippen molar-refractivity contribution in [3.05, 3.63) is 39.9 Å². The van der Waals surface area contributed by atoms with Crippen LogP contribution in [0, 0.1) is 10.1 Å². The summed E-state index contributed by atoms with van der Waals surface area (Å²) in [5.74, 6) is 0. The zero-order valence-electron chi connectivity index (χ0n) is 12.4. The molecule has 2 N–H and O–H groups in total. The SMILES string of the molecule is CC(O)CN(C(=O)NCc1ccc([N+](=O)[O-])cc1)C(C)C. The summed E-state index contributed by atoms with van der Waals surface area (Å²) in [4.78, 5) is 23.7. The molecule has 0 saturated heterocycles. The second-order valence-corrected chi connectivity index (χ2v) is 5.18. The van der Waals surface area contributed by atoms with Crippen LogP contribution in [0.25, 0.3) is 0 Å². The molecule has 0 bridgehead atoms. The molecule has 0 aliphatic rings. The third-order valence-electron chi connectivity index (χ3n) is 2.94. The number of nitro benzene ring substituents is 1. The van der Waals surface area contributed by atoms with E-state index >= 15 is 0 Å². The van der Waals surface area contributed by atoms with Crippen LogP contribution in [0.1, 0.15) is 26.3 Å². The number of nitrogens with one attached hydrogen (secondary N) is 1. The van der Waals surface area contributed by atoms with E-state index in [4.69, 9.17) is 0 Å². The highest BCUT2D eigenvalue weighted by Gasteiger charge is 2.18. The molecule has 116 valence electrons. The normalized spacial score (nSPS) is 12.0. The fourth-order valence-electron chi connectivity index (χ4n) is 1.83. The van der Waals surface area contributed by atoms with Crippen molar-refractivity contribution in [2.75, 3.05) is 6.54 Å². The van der Waals surface area contributed by atoms with E-state index in [0.29, 0.717) is 0 Å². The van der Waals surface area contributed by atoms with Crippen LogP contribution in [0.5, 0.6) is 0 Å². The van der Waals surface area contributed by atoms with Gasteiger partial charge in [0.2, 0.25) is 0 Å². The van der Waals surface area contributed by atoms with E-state index in [-0.39, 0.29) is 30.8 Å². The number of non-ortho nitro benzene ring substituents is 1. The van der Waals surface area contributed by atoms with E-state index in [2.05, 4.69) is 5.32 Å². The lowest BCUT2D eigenvalue weighted by molar-refractivity contribution is -0.384. The van der Waals surface area contributed by atoms with Crippen molar-refractivity contribution in [1.82, 2.24) is 10.2 Å². The molecule has 1 atom stereocenters. The number of carbonyl (C=O) groups is 1. The molecule has 0 aliphatic heterocycles. The van der Waals surface area contributed by atoms with Crippen LogP contribution < -0.4 is 5.32 Å². The molecular formula is C14H21N3O4. The van der Waals surface area contributed by atoms with Crippen LogP contribution in [0.15, 0.2) is 24.3 Å². The van der Waals surface area contributed by atoms with Gasteiger partial charge in [-0.25, -0.2) is 4.79 Å². The molecule has 1 aromatic rings. The van der Waals surface area contributed by atoms with Crippen molar-refractivity contribution in [1.29, 1.82) is 0 Å². The average molecular weight is 295 g/mol. The number of aliphatic hydroxyl groups is 1. The van der Waals surface area contributed by atoms with Gasteiger partial charge >= 0.3 is 6.03 Å². The summed E-state index contributed by atoms with van der Waals surface area (Å²) < 4.78 is 0. The van der Waals surface area contributed by atoms with E-state index in [1.807, 2.05) is 13.8 Å². The summed E-state index contributed by atoms with van der Waals surface area (Å²) in [6.45, 7) is 5.89. The van der Waals surface area contributed by atoms with Gasteiger partial charge in [0.05, 0.1) is 11.0 Å². The van der Waals surface area contributed by atoms with Crippen LogP contribution in [-0.2, 0) is 6.54 Å². The van der Waals surface area contributed by atoms with Gasteiger partial charge in [-0.3, -0.25) is 10.1 Å². The number of benzene rings is 1. The Morgan fingerprint density at radius 1 is 1.33 bits per heavy atom. The highest BCUT2D eigenvalue weighted by molar-refractivity contribution is 5.74. The van der Waals surface area contributed by atoms with Crippen LogP contribution >= 0.6 is 0 Å². The molecule has 0 aliphatic carbocycles. The lowest BCUT2D eigenvalue weighted by Crippen LogP contribution is -2.46. The van der Waals surface area contributed by atoms with Gasteiger partial charge in [0.1, 0.15) is 0 Å². The van der Waals surface area contributed by atoms with Crippen molar-refractivity contribution < 1.29 is 14.8 Å². The molecular weight excluding hydrogens is 274 g/mol. The first kappa shape index (κ1) is 16.9. The van der Waals surface area contributed by atoms with Crippen LogP contribution in [0.4, 0.5) is 10.5 Å². The quantitative estimate of drug-likeness (QED) is 0.619. The highest BCUT2D eigenvalue weighted by atomic mass is 16.6. The van der Waals surface area contributed by atoms with E-state index in [1.54, 1.807) is 19.1 Å². The number of rotatable bonds is 6. The minimum atomic E-state index is -0.600. The van der Waals surface area contributed by atoms with Gasteiger partial charge in [-0.1, -0.05) is 12.1 Å². The maximum absolute atomic E-state index is 12.1. The number of amides is 2. The number of nitro groups is 1. The molecule has 0 heterocycles. The second kappa shape index (κ2) is 7.58. The topological polar surface area (TPSA) is 95.7 Å². The number of urea groups is 1. The first-order chi connectivity index (χ1) is 9.81. The predicted molar refractivity (Wildman–Crippen MR) is 78.9 cm³/mol. The van der Waals surface area contributed by atoms with E-state index in [1.165, 1.54) is 17.0 Å². The molecule has 7 heteroatoms. The van der Waals surface area contributed by atoms with Crippen molar-refractivity contribution >= 4 is 11.7 Å². The van der Waals surface area contributed by atoms with Crippen molar-refractivity contribution in [2.45, 2.75) is 39.5 Å². The second-order valence-electron chi connectivity index (χ2n) is 5.18. The van der Waals surface area contributed by atoms with Gasteiger partial charge in [0, 0.05) is 31.3 Å². The zero-order valence-corrected chi connectivity index (χ0v) is 12.4. The number of nitrogens with zero attached hydrogens (tertiary/aromatic N) is 2. The summed E-state index contributed by atoms with van der Waals surface area (Å²) in [6, 6.07) is 5.70. The predicted octanol–water partition coefficient (Wildman–Crippen LogP) is 1.90.